The molecule has 1 aliphatic rings. The molecule has 2 N–H and O–H groups in total. The number of hydrogen-bond acceptors (Lipinski definition) is 8. The fourth-order valence-electron chi connectivity index (χ4n) is 4.18. The minimum atomic E-state index is -1.31. The number of aliphatic hydroxyl groups is 2. The Hall–Kier alpha value is -2.55. The average Bonchev–Trinajstić information content (AvgIpc) is 3.22. The van der Waals surface area contributed by atoms with Gasteiger partial charge in [-0.15, -0.1) is 6.58 Å². The third-order valence-electron chi connectivity index (χ3n) is 6.83. The van der Waals surface area contributed by atoms with Crippen LogP contribution in [0.25, 0.3) is 6.08 Å². The lowest BCUT2D eigenvalue weighted by atomic mass is 9.72. The van der Waals surface area contributed by atoms with E-state index in [9.17, 15) is 19.8 Å². The number of carbonyl (C=O) groups is 2. The van der Waals surface area contributed by atoms with E-state index in [0.29, 0.717) is 31.0 Å². The molecule has 0 fully saturated rings. The van der Waals surface area contributed by atoms with Gasteiger partial charge in [0, 0.05) is 13.3 Å². The van der Waals surface area contributed by atoms with Crippen LogP contribution in [0.15, 0.2) is 40.6 Å². The van der Waals surface area contributed by atoms with Gasteiger partial charge in [-0.1, -0.05) is 31.6 Å². The molecule has 0 spiro atoms. The Morgan fingerprint density at radius 2 is 1.97 bits per heavy atom. The van der Waals surface area contributed by atoms with Crippen LogP contribution < -0.4 is 0 Å². The Balaban J connectivity index is 2.37. The van der Waals surface area contributed by atoms with Crippen LogP contribution in [0.1, 0.15) is 71.9 Å². The SMILES string of the molecule is C=CC[C@H]1C(=O)C(C)(C)[C@@H](O)CC(=O)O[C@H](/C(C)=C/c2coc(C)n2)C/C=C(/C)CCO[C@H](C)[C@H]1O. The number of carbonyl (C=O) groups excluding carboxylic acids is 2. The predicted molar refractivity (Wildman–Crippen MR) is 137 cm³/mol. The van der Waals surface area contributed by atoms with Crippen molar-refractivity contribution in [2.45, 2.75) is 91.6 Å². The molecule has 0 saturated heterocycles. The summed E-state index contributed by atoms with van der Waals surface area (Å²) in [5.74, 6) is -1.27. The van der Waals surface area contributed by atoms with Crippen molar-refractivity contribution >= 4 is 17.8 Å². The number of hydrogen-bond donors (Lipinski definition) is 2. The smallest absolute Gasteiger partial charge is 0.309 e. The Bertz CT molecular complexity index is 974. The van der Waals surface area contributed by atoms with Crippen molar-refractivity contribution in [3.63, 3.8) is 0 Å². The zero-order valence-electron chi connectivity index (χ0n) is 22.3. The van der Waals surface area contributed by atoms with Gasteiger partial charge in [0.2, 0.25) is 0 Å². The fourth-order valence-corrected chi connectivity index (χ4v) is 4.18. The van der Waals surface area contributed by atoms with E-state index in [-0.39, 0.29) is 18.6 Å². The summed E-state index contributed by atoms with van der Waals surface area (Å²) in [7, 11) is 0. The molecule has 0 aromatic carbocycles. The van der Waals surface area contributed by atoms with Gasteiger partial charge < -0.3 is 24.1 Å². The van der Waals surface area contributed by atoms with Crippen molar-refractivity contribution in [3.8, 4) is 0 Å². The maximum atomic E-state index is 13.4. The molecule has 1 aliphatic heterocycles. The number of aliphatic hydroxyl groups excluding tert-OH is 2. The number of cyclic esters (lactones) is 1. The van der Waals surface area contributed by atoms with Crippen molar-refractivity contribution < 1.29 is 33.7 Å². The zero-order chi connectivity index (χ0) is 27.0. The number of rotatable bonds is 4. The van der Waals surface area contributed by atoms with E-state index in [1.54, 1.807) is 39.8 Å². The number of aryl methyl sites for hydroxylation is 1. The quantitative estimate of drug-likeness (QED) is 0.460. The molecular formula is C28H41NO7. The van der Waals surface area contributed by atoms with E-state index in [2.05, 4.69) is 11.6 Å². The minimum Gasteiger partial charge on any atom is -0.457 e. The zero-order valence-corrected chi connectivity index (χ0v) is 22.3. The Morgan fingerprint density at radius 3 is 2.58 bits per heavy atom. The number of ketones is 1. The van der Waals surface area contributed by atoms with Crippen LogP contribution in [-0.2, 0) is 19.1 Å². The first-order valence-corrected chi connectivity index (χ1v) is 12.4. The van der Waals surface area contributed by atoms with Crippen molar-refractivity contribution in [2.75, 3.05) is 6.61 Å². The van der Waals surface area contributed by atoms with Gasteiger partial charge in [-0.2, -0.15) is 0 Å². The van der Waals surface area contributed by atoms with E-state index in [4.69, 9.17) is 13.9 Å². The normalized spacial score (nSPS) is 30.8. The van der Waals surface area contributed by atoms with Crippen LogP contribution in [0, 0.1) is 18.3 Å². The highest BCUT2D eigenvalue weighted by molar-refractivity contribution is 5.88. The molecule has 0 bridgehead atoms. The van der Waals surface area contributed by atoms with Crippen LogP contribution in [0.4, 0.5) is 0 Å². The molecule has 2 rings (SSSR count). The number of oxazole rings is 1. The summed E-state index contributed by atoms with van der Waals surface area (Å²) in [5.41, 5.74) is 1.12. The second-order valence-electron chi connectivity index (χ2n) is 10.2. The van der Waals surface area contributed by atoms with Gasteiger partial charge in [0.05, 0.1) is 42.7 Å². The lowest BCUT2D eigenvalue weighted by Crippen LogP contribution is -2.48. The van der Waals surface area contributed by atoms with E-state index < -0.39 is 41.7 Å². The average molecular weight is 504 g/mol. The van der Waals surface area contributed by atoms with Gasteiger partial charge in [0.25, 0.3) is 0 Å². The summed E-state index contributed by atoms with van der Waals surface area (Å²) in [6.45, 7) is 14.5. The van der Waals surface area contributed by atoms with Gasteiger partial charge >= 0.3 is 5.97 Å². The maximum Gasteiger partial charge on any atom is 0.309 e. The molecule has 36 heavy (non-hydrogen) atoms. The topological polar surface area (TPSA) is 119 Å². The second kappa shape index (κ2) is 13.1. The molecule has 0 radical (unpaired) electrons. The van der Waals surface area contributed by atoms with Gasteiger partial charge in [0.1, 0.15) is 23.8 Å². The molecule has 1 aromatic heterocycles. The first kappa shape index (κ1) is 29.7. The summed E-state index contributed by atoms with van der Waals surface area (Å²) >= 11 is 0. The molecule has 0 amide bonds. The molecule has 5 atom stereocenters. The highest BCUT2D eigenvalue weighted by Crippen LogP contribution is 2.32. The maximum absolute atomic E-state index is 13.4. The van der Waals surface area contributed by atoms with Crippen LogP contribution in [0.2, 0.25) is 0 Å². The molecule has 0 unspecified atom stereocenters. The summed E-state index contributed by atoms with van der Waals surface area (Å²) in [4.78, 5) is 30.6. The molecule has 2 heterocycles. The number of Topliss-reactive ketones (excluding diaryl/α,β-unsaturated/α-hetero) is 1. The van der Waals surface area contributed by atoms with E-state index in [1.807, 2.05) is 19.9 Å². The van der Waals surface area contributed by atoms with Gasteiger partial charge in [-0.3, -0.25) is 9.59 Å². The summed E-state index contributed by atoms with van der Waals surface area (Å²) in [6.07, 6.45) is 4.22. The van der Waals surface area contributed by atoms with Crippen LogP contribution in [-0.4, -0.2) is 58.0 Å². The number of esters is 1. The lowest BCUT2D eigenvalue weighted by molar-refractivity contribution is -0.155. The van der Waals surface area contributed by atoms with E-state index in [0.717, 1.165) is 11.1 Å². The largest absolute Gasteiger partial charge is 0.457 e. The standard InChI is InChI=1S/C28H41NO7/c1-8-9-22-26(32)19(4)34-13-12-17(2)10-11-23(18(3)14-21-16-35-20(5)29-21)36-25(31)15-24(30)28(6,7)27(22)33/h8,10,14,16,19,22-24,26,30,32H,1,9,11-13,15H2,2-7H3/b17-10-,18-14+/t19-,22-,23+,24+,26-/m1/s1. The third kappa shape index (κ3) is 7.98. The number of ether oxygens (including phenoxy) is 2. The van der Waals surface area contributed by atoms with Crippen molar-refractivity contribution in [3.05, 3.63) is 47.7 Å². The van der Waals surface area contributed by atoms with Crippen molar-refractivity contribution in [2.24, 2.45) is 11.3 Å². The van der Waals surface area contributed by atoms with E-state index in [1.165, 1.54) is 6.26 Å². The third-order valence-corrected chi connectivity index (χ3v) is 6.83. The lowest BCUT2D eigenvalue weighted by Gasteiger charge is -2.35. The molecule has 8 heteroatoms. The van der Waals surface area contributed by atoms with E-state index >= 15 is 0 Å². The molecule has 0 saturated carbocycles. The van der Waals surface area contributed by atoms with Crippen LogP contribution in [0.5, 0.6) is 0 Å². The Morgan fingerprint density at radius 1 is 1.28 bits per heavy atom. The highest BCUT2D eigenvalue weighted by Gasteiger charge is 2.43. The summed E-state index contributed by atoms with van der Waals surface area (Å²) < 4.78 is 16.9. The van der Waals surface area contributed by atoms with Crippen LogP contribution >= 0.6 is 0 Å². The monoisotopic (exact) mass is 503 g/mol. The van der Waals surface area contributed by atoms with Gasteiger partial charge in [-0.25, -0.2) is 4.98 Å². The van der Waals surface area contributed by atoms with Crippen molar-refractivity contribution in [1.29, 1.82) is 0 Å². The molecule has 0 aliphatic carbocycles. The Labute approximate surface area is 214 Å². The van der Waals surface area contributed by atoms with Crippen LogP contribution in [0.3, 0.4) is 0 Å². The fraction of sp³-hybridized carbons (Fsp3) is 0.607. The number of nitrogens with zero attached hydrogens (tertiary/aromatic N) is 1. The minimum absolute atomic E-state index is 0.223. The van der Waals surface area contributed by atoms with Crippen molar-refractivity contribution in [1.82, 2.24) is 4.98 Å². The second-order valence-corrected chi connectivity index (χ2v) is 10.2. The summed E-state index contributed by atoms with van der Waals surface area (Å²) in [6, 6.07) is 0. The molecule has 8 nitrogen and oxygen atoms in total. The highest BCUT2D eigenvalue weighted by atomic mass is 16.5. The van der Waals surface area contributed by atoms with Gasteiger partial charge in [0.15, 0.2) is 5.89 Å². The first-order chi connectivity index (χ1) is 16.9. The van der Waals surface area contributed by atoms with Gasteiger partial charge in [-0.05, 0) is 45.3 Å². The predicted octanol–water partition coefficient (Wildman–Crippen LogP) is 4.34. The number of aromatic nitrogens is 1. The molecule has 200 valence electrons. The Kier molecular flexibility index (Phi) is 10.8. The molecular weight excluding hydrogens is 462 g/mol. The summed E-state index contributed by atoms with van der Waals surface area (Å²) in [5, 5.41) is 21.8. The first-order valence-electron chi connectivity index (χ1n) is 12.4. The molecule has 1 aromatic rings. The number of allylic oxidation sites excluding steroid dienone is 1.